The van der Waals surface area contributed by atoms with Crippen LogP contribution in [-0.4, -0.2) is 40.0 Å². The van der Waals surface area contributed by atoms with Crippen molar-refractivity contribution in [1.29, 1.82) is 0 Å². The molecule has 0 aliphatic heterocycles. The molecule has 0 heterocycles. The van der Waals surface area contributed by atoms with Gasteiger partial charge in [-0.15, -0.1) is 0 Å². The van der Waals surface area contributed by atoms with Gasteiger partial charge in [0.25, 0.3) is 0 Å². The summed E-state index contributed by atoms with van der Waals surface area (Å²) in [4.78, 5) is 24.6. The van der Waals surface area contributed by atoms with E-state index in [0.29, 0.717) is 34.1 Å². The molecule has 0 saturated heterocycles. The third kappa shape index (κ3) is 4.78. The summed E-state index contributed by atoms with van der Waals surface area (Å²) in [5.74, 6) is 1.91. The standard InChI is InChI=1S/C21H24O6/c1-13(22)8-15-11-20(26-4)21(27-5)12-16(15)17(23)9-14-6-7-18(24-2)19(10-14)25-3/h6-7,10-12H,8-9H2,1-5H3. The van der Waals surface area contributed by atoms with Crippen LogP contribution in [0.25, 0.3) is 0 Å². The van der Waals surface area contributed by atoms with Gasteiger partial charge in [0.05, 0.1) is 28.4 Å². The zero-order valence-electron chi connectivity index (χ0n) is 16.3. The van der Waals surface area contributed by atoms with Gasteiger partial charge < -0.3 is 18.9 Å². The van der Waals surface area contributed by atoms with Crippen LogP contribution in [0.15, 0.2) is 30.3 Å². The van der Waals surface area contributed by atoms with Gasteiger partial charge in [0.1, 0.15) is 5.78 Å². The van der Waals surface area contributed by atoms with Gasteiger partial charge in [-0.05, 0) is 42.3 Å². The van der Waals surface area contributed by atoms with Crippen molar-refractivity contribution >= 4 is 11.6 Å². The molecule has 6 heteroatoms. The second kappa shape index (κ2) is 9.07. The molecule has 0 bridgehead atoms. The van der Waals surface area contributed by atoms with Crippen molar-refractivity contribution in [2.24, 2.45) is 0 Å². The van der Waals surface area contributed by atoms with E-state index in [1.807, 2.05) is 6.07 Å². The number of methoxy groups -OCH3 is 4. The van der Waals surface area contributed by atoms with Crippen LogP contribution in [0.2, 0.25) is 0 Å². The summed E-state index contributed by atoms with van der Waals surface area (Å²) in [6, 6.07) is 8.64. The van der Waals surface area contributed by atoms with Crippen molar-refractivity contribution in [2.75, 3.05) is 28.4 Å². The van der Waals surface area contributed by atoms with Gasteiger partial charge in [-0.25, -0.2) is 0 Å². The topological polar surface area (TPSA) is 71.1 Å². The van der Waals surface area contributed by atoms with Crippen molar-refractivity contribution in [3.05, 3.63) is 47.0 Å². The molecule has 27 heavy (non-hydrogen) atoms. The molecular formula is C21H24O6. The Hall–Kier alpha value is -3.02. The number of hydrogen-bond acceptors (Lipinski definition) is 6. The normalized spacial score (nSPS) is 10.3. The Morgan fingerprint density at radius 1 is 0.741 bits per heavy atom. The summed E-state index contributed by atoms with van der Waals surface area (Å²) in [6.07, 6.45) is 0.300. The fraction of sp³-hybridized carbons (Fsp3) is 0.333. The molecule has 0 atom stereocenters. The average Bonchev–Trinajstić information content (AvgIpc) is 2.66. The van der Waals surface area contributed by atoms with Crippen molar-refractivity contribution in [3.63, 3.8) is 0 Å². The van der Waals surface area contributed by atoms with Crippen LogP contribution >= 0.6 is 0 Å². The van der Waals surface area contributed by atoms with Crippen LogP contribution in [-0.2, 0) is 17.6 Å². The first-order valence-electron chi connectivity index (χ1n) is 8.41. The number of ether oxygens (including phenoxy) is 4. The second-order valence-corrected chi connectivity index (χ2v) is 6.03. The van der Waals surface area contributed by atoms with Crippen LogP contribution in [0.3, 0.4) is 0 Å². The SMILES string of the molecule is COc1ccc(CC(=O)c2cc(OC)c(OC)cc2CC(C)=O)cc1OC. The molecule has 0 spiro atoms. The number of benzene rings is 2. The minimum atomic E-state index is -0.126. The molecule has 144 valence electrons. The third-order valence-electron chi connectivity index (χ3n) is 4.16. The summed E-state index contributed by atoms with van der Waals surface area (Å²) < 4.78 is 21.1. The lowest BCUT2D eigenvalue weighted by atomic mass is 9.95. The molecule has 0 saturated carbocycles. The quantitative estimate of drug-likeness (QED) is 0.629. The number of rotatable bonds is 9. The molecule has 2 rings (SSSR count). The summed E-state index contributed by atoms with van der Waals surface area (Å²) in [5.41, 5.74) is 1.84. The molecule has 0 amide bonds. The van der Waals surface area contributed by atoms with Gasteiger partial charge in [0.2, 0.25) is 0 Å². The Balaban J connectivity index is 2.40. The molecule has 6 nitrogen and oxygen atoms in total. The highest BCUT2D eigenvalue weighted by atomic mass is 16.5. The predicted octanol–water partition coefficient (Wildman–Crippen LogP) is 3.28. The van der Waals surface area contributed by atoms with E-state index >= 15 is 0 Å². The number of Topliss-reactive ketones (excluding diaryl/α,β-unsaturated/α-hetero) is 2. The number of ketones is 2. The predicted molar refractivity (Wildman–Crippen MR) is 102 cm³/mol. The zero-order valence-corrected chi connectivity index (χ0v) is 16.3. The molecule has 0 aromatic heterocycles. The zero-order chi connectivity index (χ0) is 20.0. The van der Waals surface area contributed by atoms with Gasteiger partial charge >= 0.3 is 0 Å². The van der Waals surface area contributed by atoms with E-state index in [9.17, 15) is 9.59 Å². The highest BCUT2D eigenvalue weighted by molar-refractivity contribution is 6.00. The molecule has 0 unspecified atom stereocenters. The molecule has 0 aliphatic carbocycles. The highest BCUT2D eigenvalue weighted by Gasteiger charge is 2.19. The van der Waals surface area contributed by atoms with E-state index in [1.54, 1.807) is 38.5 Å². The summed E-state index contributed by atoms with van der Waals surface area (Å²) in [5, 5.41) is 0. The van der Waals surface area contributed by atoms with E-state index in [-0.39, 0.29) is 24.4 Å². The van der Waals surface area contributed by atoms with E-state index < -0.39 is 0 Å². The van der Waals surface area contributed by atoms with Crippen LogP contribution in [0.4, 0.5) is 0 Å². The fourth-order valence-electron chi connectivity index (χ4n) is 2.87. The minimum Gasteiger partial charge on any atom is -0.493 e. The van der Waals surface area contributed by atoms with Crippen molar-refractivity contribution in [3.8, 4) is 23.0 Å². The summed E-state index contributed by atoms with van der Waals surface area (Å²) in [7, 11) is 6.12. The van der Waals surface area contributed by atoms with Crippen LogP contribution in [0, 0.1) is 0 Å². The highest BCUT2D eigenvalue weighted by Crippen LogP contribution is 2.32. The maximum atomic E-state index is 13.0. The Morgan fingerprint density at radius 3 is 1.85 bits per heavy atom. The van der Waals surface area contributed by atoms with Gasteiger partial charge in [-0.2, -0.15) is 0 Å². The minimum absolute atomic E-state index is 0.0395. The molecular weight excluding hydrogens is 348 g/mol. The van der Waals surface area contributed by atoms with E-state index in [2.05, 4.69) is 0 Å². The lowest BCUT2D eigenvalue weighted by molar-refractivity contribution is -0.116. The maximum Gasteiger partial charge on any atom is 0.167 e. The van der Waals surface area contributed by atoms with Crippen LogP contribution in [0.5, 0.6) is 23.0 Å². The third-order valence-corrected chi connectivity index (χ3v) is 4.16. The molecule has 0 radical (unpaired) electrons. The maximum absolute atomic E-state index is 13.0. The Morgan fingerprint density at radius 2 is 1.30 bits per heavy atom. The fourth-order valence-corrected chi connectivity index (χ4v) is 2.87. The lowest BCUT2D eigenvalue weighted by Crippen LogP contribution is -2.11. The largest absolute Gasteiger partial charge is 0.493 e. The van der Waals surface area contributed by atoms with Gasteiger partial charge in [-0.3, -0.25) is 9.59 Å². The average molecular weight is 372 g/mol. The first kappa shape index (κ1) is 20.3. The van der Waals surface area contributed by atoms with E-state index in [4.69, 9.17) is 18.9 Å². The molecule has 0 N–H and O–H groups in total. The number of carbonyl (C=O) groups is 2. The van der Waals surface area contributed by atoms with E-state index in [0.717, 1.165) is 5.56 Å². The lowest BCUT2D eigenvalue weighted by Gasteiger charge is -2.14. The van der Waals surface area contributed by atoms with Gasteiger partial charge in [0, 0.05) is 18.4 Å². The van der Waals surface area contributed by atoms with Gasteiger partial charge in [-0.1, -0.05) is 6.07 Å². The van der Waals surface area contributed by atoms with Crippen LogP contribution in [0.1, 0.15) is 28.4 Å². The van der Waals surface area contributed by atoms with Crippen LogP contribution < -0.4 is 18.9 Å². The summed E-state index contributed by atoms with van der Waals surface area (Å²) in [6.45, 7) is 1.49. The smallest absolute Gasteiger partial charge is 0.167 e. The number of carbonyl (C=O) groups excluding carboxylic acids is 2. The summed E-state index contributed by atoms with van der Waals surface area (Å²) >= 11 is 0. The van der Waals surface area contributed by atoms with Gasteiger partial charge in [0.15, 0.2) is 28.8 Å². The molecule has 0 fully saturated rings. The van der Waals surface area contributed by atoms with Crippen molar-refractivity contribution < 1.29 is 28.5 Å². The van der Waals surface area contributed by atoms with Crippen molar-refractivity contribution in [1.82, 2.24) is 0 Å². The Bertz CT molecular complexity index is 841. The first-order chi connectivity index (χ1) is 12.9. The Kier molecular flexibility index (Phi) is 6.82. The molecule has 2 aromatic carbocycles. The monoisotopic (exact) mass is 372 g/mol. The number of hydrogen-bond donors (Lipinski definition) is 0. The first-order valence-corrected chi connectivity index (χ1v) is 8.41. The second-order valence-electron chi connectivity index (χ2n) is 6.03. The Labute approximate surface area is 159 Å². The molecule has 2 aromatic rings. The van der Waals surface area contributed by atoms with E-state index in [1.165, 1.54) is 21.1 Å². The van der Waals surface area contributed by atoms with Crippen molar-refractivity contribution in [2.45, 2.75) is 19.8 Å². The molecule has 0 aliphatic rings.